The van der Waals surface area contributed by atoms with E-state index in [1.165, 1.54) is 18.5 Å². The lowest BCUT2D eigenvalue weighted by atomic mass is 10.0. The van der Waals surface area contributed by atoms with Gasteiger partial charge in [-0.3, -0.25) is 9.69 Å². The second-order valence-electron chi connectivity index (χ2n) is 12.7. The zero-order valence-electron chi connectivity index (χ0n) is 25.0. The molecule has 1 aromatic heterocycles. The Labute approximate surface area is 246 Å². The van der Waals surface area contributed by atoms with Crippen LogP contribution in [0.15, 0.2) is 30.6 Å². The summed E-state index contributed by atoms with van der Waals surface area (Å²) in [5.41, 5.74) is 0.446. The van der Waals surface area contributed by atoms with Crippen LogP contribution in [0.3, 0.4) is 0 Å². The lowest BCUT2D eigenvalue weighted by Crippen LogP contribution is -2.50. The van der Waals surface area contributed by atoms with Crippen LogP contribution in [-0.4, -0.2) is 99.4 Å². The number of nitrogens with zero attached hydrogens (tertiary/aromatic N) is 5. The topological polar surface area (TPSA) is 108 Å². The Morgan fingerprint density at radius 1 is 1.12 bits per heavy atom. The molecule has 0 radical (unpaired) electrons. The van der Waals surface area contributed by atoms with E-state index in [-0.39, 0.29) is 35.5 Å². The second-order valence-corrected chi connectivity index (χ2v) is 12.7. The minimum Gasteiger partial charge on any atom is -0.444 e. The van der Waals surface area contributed by atoms with Crippen molar-refractivity contribution in [1.29, 1.82) is 0 Å². The highest BCUT2D eigenvalue weighted by atomic mass is 19.1. The summed E-state index contributed by atoms with van der Waals surface area (Å²) in [6.07, 6.45) is 5.83. The number of carbonyl (C=O) groups excluding carboxylic acids is 2. The Hall–Kier alpha value is -3.15. The van der Waals surface area contributed by atoms with E-state index < -0.39 is 17.6 Å². The molecule has 3 heterocycles. The van der Waals surface area contributed by atoms with Crippen molar-refractivity contribution in [2.24, 2.45) is 5.92 Å². The van der Waals surface area contributed by atoms with Crippen molar-refractivity contribution in [1.82, 2.24) is 24.7 Å². The van der Waals surface area contributed by atoms with Crippen LogP contribution in [0.5, 0.6) is 0 Å². The Morgan fingerprint density at radius 3 is 2.36 bits per heavy atom. The fourth-order valence-electron chi connectivity index (χ4n) is 5.72. The van der Waals surface area contributed by atoms with Gasteiger partial charge in [0.1, 0.15) is 17.6 Å². The van der Waals surface area contributed by atoms with E-state index in [0.717, 1.165) is 25.9 Å². The van der Waals surface area contributed by atoms with Crippen molar-refractivity contribution >= 4 is 12.0 Å². The summed E-state index contributed by atoms with van der Waals surface area (Å²) in [7, 11) is 1.81. The Bertz CT molecular complexity index is 1250. The molecule has 2 unspecified atom stereocenters. The van der Waals surface area contributed by atoms with Crippen molar-refractivity contribution in [2.75, 3.05) is 39.9 Å². The van der Waals surface area contributed by atoms with Crippen molar-refractivity contribution in [3.05, 3.63) is 47.5 Å². The third-order valence-electron chi connectivity index (χ3n) is 8.10. The van der Waals surface area contributed by atoms with Gasteiger partial charge in [0.15, 0.2) is 5.82 Å². The minimum absolute atomic E-state index is 0.0131. The van der Waals surface area contributed by atoms with Crippen LogP contribution in [-0.2, 0) is 9.47 Å². The van der Waals surface area contributed by atoms with Gasteiger partial charge in [0.25, 0.3) is 5.91 Å². The molecule has 2 saturated heterocycles. The molecule has 2 aromatic rings. The summed E-state index contributed by atoms with van der Waals surface area (Å²) in [6, 6.07) is 4.73. The smallest absolute Gasteiger partial charge is 0.410 e. The second kappa shape index (κ2) is 12.6. The zero-order chi connectivity index (χ0) is 30.0. The Balaban J connectivity index is 1.22. The fourth-order valence-corrected chi connectivity index (χ4v) is 5.72. The normalized spacial score (nSPS) is 20.5. The van der Waals surface area contributed by atoms with Crippen LogP contribution in [0.2, 0.25) is 0 Å². The highest BCUT2D eigenvalue weighted by Crippen LogP contribution is 2.34. The maximum absolute atomic E-state index is 15.1. The Morgan fingerprint density at radius 2 is 1.79 bits per heavy atom. The summed E-state index contributed by atoms with van der Waals surface area (Å²) in [6.45, 7) is 8.66. The summed E-state index contributed by atoms with van der Waals surface area (Å²) in [4.78, 5) is 40.1. The summed E-state index contributed by atoms with van der Waals surface area (Å²) in [5, 5.41) is 10.7. The van der Waals surface area contributed by atoms with Crippen molar-refractivity contribution in [3.8, 4) is 11.4 Å². The molecule has 10 nitrogen and oxygen atoms in total. The molecule has 1 aliphatic carbocycles. The van der Waals surface area contributed by atoms with E-state index in [1.54, 1.807) is 21.9 Å². The number of aliphatic hydroxyl groups excluding tert-OH is 1. The first kappa shape index (κ1) is 30.3. The van der Waals surface area contributed by atoms with Crippen LogP contribution < -0.4 is 0 Å². The minimum atomic E-state index is -0.945. The predicted molar refractivity (Wildman–Crippen MR) is 154 cm³/mol. The number of ether oxygens (including phenoxy) is 2. The molecule has 2 aliphatic heterocycles. The van der Waals surface area contributed by atoms with E-state index in [9.17, 15) is 14.7 Å². The van der Waals surface area contributed by atoms with Gasteiger partial charge in [0.05, 0.1) is 17.7 Å². The predicted octanol–water partition coefficient (Wildman–Crippen LogP) is 4.25. The highest BCUT2D eigenvalue weighted by molar-refractivity contribution is 5.94. The third-order valence-corrected chi connectivity index (χ3v) is 8.10. The van der Waals surface area contributed by atoms with Gasteiger partial charge < -0.3 is 24.4 Å². The first-order valence-corrected chi connectivity index (χ1v) is 14.9. The van der Waals surface area contributed by atoms with Gasteiger partial charge >= 0.3 is 6.09 Å². The maximum atomic E-state index is 15.1. The van der Waals surface area contributed by atoms with Gasteiger partial charge in [-0.05, 0) is 83.5 Å². The molecule has 42 heavy (non-hydrogen) atoms. The third kappa shape index (κ3) is 7.25. The molecule has 1 aromatic carbocycles. The molecular weight excluding hydrogens is 541 g/mol. The number of halogens is 1. The molecule has 0 spiro atoms. The van der Waals surface area contributed by atoms with Crippen molar-refractivity contribution in [3.63, 3.8) is 0 Å². The molecule has 1 N–H and O–H groups in total. The van der Waals surface area contributed by atoms with Crippen LogP contribution in [0, 0.1) is 11.7 Å². The number of hydrogen-bond acceptors (Lipinski definition) is 8. The number of carbonyl (C=O) groups is 2. The maximum Gasteiger partial charge on any atom is 0.410 e. The molecule has 228 valence electrons. The van der Waals surface area contributed by atoms with Gasteiger partial charge in [-0.15, -0.1) is 0 Å². The average molecular weight is 584 g/mol. The van der Waals surface area contributed by atoms with Gasteiger partial charge in [0, 0.05) is 50.7 Å². The average Bonchev–Trinajstić information content (AvgIpc) is 3.66. The number of benzene rings is 1. The Kier molecular flexibility index (Phi) is 9.10. The lowest BCUT2D eigenvalue weighted by Gasteiger charge is -2.39. The number of aliphatic hydroxyl groups is 1. The zero-order valence-corrected chi connectivity index (χ0v) is 25.0. The summed E-state index contributed by atoms with van der Waals surface area (Å²) in [5.74, 6) is -0.163. The number of piperidine rings is 1. The van der Waals surface area contributed by atoms with E-state index >= 15 is 4.39 Å². The largest absolute Gasteiger partial charge is 0.444 e. The van der Waals surface area contributed by atoms with Crippen LogP contribution in [0.25, 0.3) is 11.4 Å². The molecule has 3 fully saturated rings. The van der Waals surface area contributed by atoms with E-state index in [4.69, 9.17) is 9.47 Å². The molecule has 1 saturated carbocycles. The molecule has 0 bridgehead atoms. The quantitative estimate of drug-likeness (QED) is 0.460. The van der Waals surface area contributed by atoms with Crippen molar-refractivity contribution in [2.45, 2.75) is 76.8 Å². The molecule has 5 rings (SSSR count). The van der Waals surface area contributed by atoms with Gasteiger partial charge in [-0.25, -0.2) is 19.2 Å². The standard InChI is InChI=1S/C31H42FN5O5/c1-31(2,3)42-30(40)36-12-9-24(10-13-36)37(23-6-7-23)29(39)22-16-33-27(34-17-22)25-8-5-21(15-26(25)32)28(38)35(4)18-20-11-14-41-19-20/h5,8,15-17,20,23-24,28,38H,6-7,9-14,18-19H2,1-4H3. The number of aromatic nitrogens is 2. The van der Waals surface area contributed by atoms with E-state index in [0.29, 0.717) is 56.1 Å². The van der Waals surface area contributed by atoms with Gasteiger partial charge in [-0.2, -0.15) is 0 Å². The molecule has 3 aliphatic rings. The number of hydrogen-bond donors (Lipinski definition) is 1. The first-order valence-electron chi connectivity index (χ1n) is 14.9. The SMILES string of the molecule is CN(CC1CCOC1)C(O)c1ccc(-c2ncc(C(=O)N(C3CC3)C3CCN(C(=O)OC(C)(C)C)CC3)cn2)c(F)c1. The number of amides is 2. The fraction of sp³-hybridized carbons (Fsp3) is 0.613. The van der Waals surface area contributed by atoms with Crippen LogP contribution in [0.4, 0.5) is 9.18 Å². The van der Waals surface area contributed by atoms with Crippen LogP contribution in [0.1, 0.15) is 75.0 Å². The molecule has 2 amide bonds. The monoisotopic (exact) mass is 583 g/mol. The van der Waals surface area contributed by atoms with Gasteiger partial charge in [-0.1, -0.05) is 6.07 Å². The summed E-state index contributed by atoms with van der Waals surface area (Å²) >= 11 is 0. The molecular formula is C31H42FN5O5. The molecule has 2 atom stereocenters. The lowest BCUT2D eigenvalue weighted by molar-refractivity contribution is 0.00959. The number of rotatable bonds is 8. The molecule has 11 heteroatoms. The highest BCUT2D eigenvalue weighted by Gasteiger charge is 2.40. The van der Waals surface area contributed by atoms with Crippen LogP contribution >= 0.6 is 0 Å². The van der Waals surface area contributed by atoms with Crippen molar-refractivity contribution < 1.29 is 28.6 Å². The number of likely N-dealkylation sites (tertiary alicyclic amines) is 1. The van der Waals surface area contributed by atoms with Gasteiger partial charge in [0.2, 0.25) is 0 Å². The van der Waals surface area contributed by atoms with E-state index in [1.807, 2.05) is 32.7 Å². The first-order chi connectivity index (χ1) is 20.0. The van der Waals surface area contributed by atoms with E-state index in [2.05, 4.69) is 9.97 Å². The summed E-state index contributed by atoms with van der Waals surface area (Å²) < 4.78 is 26.1.